The van der Waals surface area contributed by atoms with Crippen LogP contribution in [0.5, 0.6) is 0 Å². The third-order valence-electron chi connectivity index (χ3n) is 2.66. The molecular formula is C12H12FNO3S2. The summed E-state index contributed by atoms with van der Waals surface area (Å²) < 4.78 is 12.7. The minimum Gasteiger partial charge on any atom is -0.480 e. The average molecular weight is 301 g/mol. The topological polar surface area (TPSA) is 57.6 Å². The van der Waals surface area contributed by atoms with Crippen LogP contribution in [-0.4, -0.2) is 45.3 Å². The second-order valence-electron chi connectivity index (χ2n) is 3.96. The summed E-state index contributed by atoms with van der Waals surface area (Å²) in [5, 5.41) is 8.99. The van der Waals surface area contributed by atoms with Crippen molar-refractivity contribution in [2.75, 3.05) is 17.4 Å². The lowest BCUT2D eigenvalue weighted by molar-refractivity contribution is -0.146. The SMILES string of the molecule is O=C(O)C1CSCN1C(=O)CSc1ccc(F)cc1. The van der Waals surface area contributed by atoms with Gasteiger partial charge in [0.05, 0.1) is 11.6 Å². The molecule has 4 nitrogen and oxygen atoms in total. The largest absolute Gasteiger partial charge is 0.480 e. The smallest absolute Gasteiger partial charge is 0.327 e. The van der Waals surface area contributed by atoms with E-state index >= 15 is 0 Å². The fourth-order valence-electron chi connectivity index (χ4n) is 1.65. The van der Waals surface area contributed by atoms with E-state index in [1.54, 1.807) is 12.1 Å². The normalized spacial score (nSPS) is 18.6. The summed E-state index contributed by atoms with van der Waals surface area (Å²) in [6.45, 7) is 0. The van der Waals surface area contributed by atoms with Crippen LogP contribution >= 0.6 is 23.5 Å². The Balaban J connectivity index is 1.90. The van der Waals surface area contributed by atoms with Crippen LogP contribution in [0, 0.1) is 5.82 Å². The molecule has 0 aromatic heterocycles. The molecule has 1 aliphatic heterocycles. The van der Waals surface area contributed by atoms with Gasteiger partial charge in [0.15, 0.2) is 0 Å². The number of hydrogen-bond acceptors (Lipinski definition) is 4. The second kappa shape index (κ2) is 6.29. The van der Waals surface area contributed by atoms with E-state index in [0.29, 0.717) is 11.6 Å². The molecular weight excluding hydrogens is 289 g/mol. The highest BCUT2D eigenvalue weighted by Gasteiger charge is 2.34. The molecule has 1 heterocycles. The predicted octanol–water partition coefficient (Wildman–Crippen LogP) is 1.90. The Kier molecular flexibility index (Phi) is 4.71. The summed E-state index contributed by atoms with van der Waals surface area (Å²) >= 11 is 2.71. The number of hydrogen-bond donors (Lipinski definition) is 1. The van der Waals surface area contributed by atoms with Crippen LogP contribution in [0.4, 0.5) is 4.39 Å². The highest BCUT2D eigenvalue weighted by Crippen LogP contribution is 2.24. The van der Waals surface area contributed by atoms with Gasteiger partial charge in [0.2, 0.25) is 5.91 Å². The third-order valence-corrected chi connectivity index (χ3v) is 4.67. The number of thioether (sulfide) groups is 2. The Bertz CT molecular complexity index is 480. The second-order valence-corrected chi connectivity index (χ2v) is 6.01. The number of rotatable bonds is 4. The molecule has 1 aromatic carbocycles. The number of carbonyl (C=O) groups is 2. The molecule has 1 fully saturated rings. The molecule has 1 saturated heterocycles. The van der Waals surface area contributed by atoms with Gasteiger partial charge < -0.3 is 10.0 Å². The van der Waals surface area contributed by atoms with E-state index in [1.807, 2.05) is 0 Å². The van der Waals surface area contributed by atoms with Crippen molar-refractivity contribution in [1.29, 1.82) is 0 Å². The number of benzene rings is 1. The predicted molar refractivity (Wildman–Crippen MR) is 72.7 cm³/mol. The lowest BCUT2D eigenvalue weighted by atomic mass is 10.3. The third kappa shape index (κ3) is 3.63. The van der Waals surface area contributed by atoms with Crippen LogP contribution in [-0.2, 0) is 9.59 Å². The van der Waals surface area contributed by atoms with Crippen LogP contribution in [0.3, 0.4) is 0 Å². The number of carboxylic acids is 1. The summed E-state index contributed by atoms with van der Waals surface area (Å²) in [6.07, 6.45) is 0. The van der Waals surface area contributed by atoms with Crippen molar-refractivity contribution < 1.29 is 19.1 Å². The molecule has 0 spiro atoms. The molecule has 19 heavy (non-hydrogen) atoms. The first-order valence-electron chi connectivity index (χ1n) is 5.56. The van der Waals surface area contributed by atoms with E-state index in [0.717, 1.165) is 4.90 Å². The monoisotopic (exact) mass is 301 g/mol. The molecule has 102 valence electrons. The summed E-state index contributed by atoms with van der Waals surface area (Å²) in [6, 6.07) is 5.13. The van der Waals surface area contributed by atoms with Gasteiger partial charge in [-0.15, -0.1) is 23.5 Å². The first kappa shape index (κ1) is 14.2. The van der Waals surface area contributed by atoms with Crippen LogP contribution in [0.15, 0.2) is 29.2 Å². The number of nitrogens with zero attached hydrogens (tertiary/aromatic N) is 1. The van der Waals surface area contributed by atoms with Gasteiger partial charge >= 0.3 is 5.97 Å². The minimum atomic E-state index is -0.967. The van der Waals surface area contributed by atoms with Crippen LogP contribution < -0.4 is 0 Å². The number of halogens is 1. The van der Waals surface area contributed by atoms with Gasteiger partial charge in [-0.3, -0.25) is 4.79 Å². The maximum Gasteiger partial charge on any atom is 0.327 e. The fourth-order valence-corrected chi connectivity index (χ4v) is 3.61. The van der Waals surface area contributed by atoms with E-state index in [-0.39, 0.29) is 17.5 Å². The maximum atomic E-state index is 12.7. The Labute approximate surface area is 118 Å². The summed E-state index contributed by atoms with van der Waals surface area (Å²) in [5.74, 6) is -0.479. The van der Waals surface area contributed by atoms with Gasteiger partial charge in [-0.1, -0.05) is 0 Å². The Morgan fingerprint density at radius 3 is 2.74 bits per heavy atom. The van der Waals surface area contributed by atoms with E-state index in [9.17, 15) is 14.0 Å². The van der Waals surface area contributed by atoms with Gasteiger partial charge in [-0.25, -0.2) is 9.18 Å². The molecule has 7 heteroatoms. The standard InChI is InChI=1S/C12H12FNO3S2/c13-8-1-3-9(4-2-8)19-6-11(15)14-7-18-5-10(14)12(16)17/h1-4,10H,5-7H2,(H,16,17). The van der Waals surface area contributed by atoms with Gasteiger partial charge in [-0.2, -0.15) is 0 Å². The van der Waals surface area contributed by atoms with Crippen molar-refractivity contribution in [2.45, 2.75) is 10.9 Å². The van der Waals surface area contributed by atoms with Crippen molar-refractivity contribution in [3.05, 3.63) is 30.1 Å². The first-order chi connectivity index (χ1) is 9.08. The molecule has 1 amide bonds. The molecule has 0 radical (unpaired) electrons. The first-order valence-corrected chi connectivity index (χ1v) is 7.70. The summed E-state index contributed by atoms with van der Waals surface area (Å²) in [7, 11) is 0. The van der Waals surface area contributed by atoms with Crippen molar-refractivity contribution in [2.24, 2.45) is 0 Å². The Morgan fingerprint density at radius 1 is 1.42 bits per heavy atom. The fraction of sp³-hybridized carbons (Fsp3) is 0.333. The number of carboxylic acid groups (broad SMARTS) is 1. The molecule has 0 aliphatic carbocycles. The van der Waals surface area contributed by atoms with E-state index in [1.165, 1.54) is 40.6 Å². The summed E-state index contributed by atoms with van der Waals surface area (Å²) in [4.78, 5) is 25.1. The molecule has 1 N–H and O–H groups in total. The summed E-state index contributed by atoms with van der Waals surface area (Å²) in [5.41, 5.74) is 0. The van der Waals surface area contributed by atoms with Crippen LogP contribution in [0.2, 0.25) is 0 Å². The lowest BCUT2D eigenvalue weighted by Crippen LogP contribution is -2.42. The molecule has 0 saturated carbocycles. The van der Waals surface area contributed by atoms with Crippen LogP contribution in [0.1, 0.15) is 0 Å². The quantitative estimate of drug-likeness (QED) is 0.861. The highest BCUT2D eigenvalue weighted by molar-refractivity contribution is 8.00. The van der Waals surface area contributed by atoms with Crippen molar-refractivity contribution >= 4 is 35.4 Å². The van der Waals surface area contributed by atoms with E-state index < -0.39 is 12.0 Å². The maximum absolute atomic E-state index is 12.7. The van der Waals surface area contributed by atoms with Gasteiger partial charge in [0.25, 0.3) is 0 Å². The zero-order valence-corrected chi connectivity index (χ0v) is 11.5. The van der Waals surface area contributed by atoms with Crippen molar-refractivity contribution in [1.82, 2.24) is 4.90 Å². The molecule has 1 aromatic rings. The van der Waals surface area contributed by atoms with Crippen molar-refractivity contribution in [3.63, 3.8) is 0 Å². The zero-order chi connectivity index (χ0) is 13.8. The number of aliphatic carboxylic acids is 1. The minimum absolute atomic E-state index is 0.163. The molecule has 2 rings (SSSR count). The van der Waals surface area contributed by atoms with Gasteiger partial charge in [-0.05, 0) is 24.3 Å². The zero-order valence-electron chi connectivity index (χ0n) is 9.91. The molecule has 1 unspecified atom stereocenters. The van der Waals surface area contributed by atoms with E-state index in [2.05, 4.69) is 0 Å². The molecule has 1 atom stereocenters. The number of amides is 1. The average Bonchev–Trinajstić information content (AvgIpc) is 2.87. The Morgan fingerprint density at radius 2 is 2.11 bits per heavy atom. The van der Waals surface area contributed by atoms with Crippen LogP contribution in [0.25, 0.3) is 0 Å². The van der Waals surface area contributed by atoms with Gasteiger partial charge in [0, 0.05) is 10.6 Å². The van der Waals surface area contributed by atoms with E-state index in [4.69, 9.17) is 5.11 Å². The number of carbonyl (C=O) groups excluding carboxylic acids is 1. The van der Waals surface area contributed by atoms with Gasteiger partial charge in [0.1, 0.15) is 11.9 Å². The lowest BCUT2D eigenvalue weighted by Gasteiger charge is -2.20. The Hall–Kier alpha value is -1.21. The molecule has 1 aliphatic rings. The molecule has 0 bridgehead atoms. The van der Waals surface area contributed by atoms with Crippen molar-refractivity contribution in [3.8, 4) is 0 Å². The highest BCUT2D eigenvalue weighted by atomic mass is 32.2.